The van der Waals surface area contributed by atoms with E-state index in [4.69, 9.17) is 0 Å². The highest BCUT2D eigenvalue weighted by Gasteiger charge is 2.44. The molecule has 1 saturated carbocycles. The number of aromatic nitrogens is 1. The topological polar surface area (TPSA) is 49.3 Å². The van der Waals surface area contributed by atoms with Gasteiger partial charge in [-0.15, -0.1) is 11.3 Å². The number of aryl methyl sites for hydroxylation is 2. The lowest BCUT2D eigenvalue weighted by Crippen LogP contribution is -2.41. The van der Waals surface area contributed by atoms with Crippen LogP contribution < -0.4 is 10.6 Å². The molecule has 2 N–H and O–H groups in total. The molecule has 1 aliphatic carbocycles. The smallest absolute Gasteiger partial charge is 0.191 e. The summed E-state index contributed by atoms with van der Waals surface area (Å²) in [5, 5.41) is 7.92. The van der Waals surface area contributed by atoms with Crippen LogP contribution in [0.4, 0.5) is 4.39 Å². The van der Waals surface area contributed by atoms with Gasteiger partial charge in [-0.25, -0.2) is 9.37 Å². The van der Waals surface area contributed by atoms with E-state index in [0.29, 0.717) is 0 Å². The molecule has 1 heterocycles. The van der Waals surface area contributed by atoms with Crippen molar-refractivity contribution in [3.05, 3.63) is 51.2 Å². The van der Waals surface area contributed by atoms with Crippen LogP contribution in [0.5, 0.6) is 0 Å². The number of halogens is 1. The quantitative estimate of drug-likeness (QED) is 0.614. The third-order valence-electron chi connectivity index (χ3n) is 4.83. The van der Waals surface area contributed by atoms with E-state index in [2.05, 4.69) is 27.5 Å². The highest BCUT2D eigenvalue weighted by atomic mass is 32.1. The fourth-order valence-corrected chi connectivity index (χ4v) is 3.86. The van der Waals surface area contributed by atoms with Crippen LogP contribution in [0.1, 0.15) is 34.0 Å². The van der Waals surface area contributed by atoms with Gasteiger partial charge in [0.2, 0.25) is 0 Å². The van der Waals surface area contributed by atoms with Gasteiger partial charge in [0.15, 0.2) is 5.96 Å². The Morgan fingerprint density at radius 2 is 1.96 bits per heavy atom. The fourth-order valence-electron chi connectivity index (χ4n) is 2.93. The van der Waals surface area contributed by atoms with Crippen molar-refractivity contribution < 1.29 is 4.39 Å². The van der Waals surface area contributed by atoms with Crippen molar-refractivity contribution in [2.75, 3.05) is 20.1 Å². The van der Waals surface area contributed by atoms with Crippen LogP contribution in [0.3, 0.4) is 0 Å². The molecule has 6 heteroatoms. The standard InChI is InChI=1S/C19H25FN4S/c1-13-14(2)25-17(24-13)8-11-22-18(21-3)23-12-19(9-10-19)15-4-6-16(20)7-5-15/h4-7H,8-12H2,1-3H3,(H2,21,22,23). The average molecular weight is 361 g/mol. The number of guanidine groups is 1. The number of thiazole rings is 1. The maximum atomic E-state index is 13.1. The molecular weight excluding hydrogens is 335 g/mol. The number of nitrogens with one attached hydrogen (secondary N) is 2. The Labute approximate surface area is 152 Å². The van der Waals surface area contributed by atoms with Crippen LogP contribution in [0.25, 0.3) is 0 Å². The minimum Gasteiger partial charge on any atom is -0.356 e. The number of hydrogen-bond acceptors (Lipinski definition) is 3. The number of nitrogens with zero attached hydrogens (tertiary/aromatic N) is 2. The number of rotatable bonds is 6. The summed E-state index contributed by atoms with van der Waals surface area (Å²) >= 11 is 1.76. The van der Waals surface area contributed by atoms with Gasteiger partial charge in [0.05, 0.1) is 10.7 Å². The van der Waals surface area contributed by atoms with Crippen molar-refractivity contribution in [3.8, 4) is 0 Å². The second kappa shape index (κ2) is 7.52. The van der Waals surface area contributed by atoms with Gasteiger partial charge in [-0.1, -0.05) is 12.1 Å². The van der Waals surface area contributed by atoms with Gasteiger partial charge in [0, 0.05) is 36.9 Å². The third-order valence-corrected chi connectivity index (χ3v) is 5.96. The van der Waals surface area contributed by atoms with E-state index >= 15 is 0 Å². The Kier molecular flexibility index (Phi) is 5.37. The highest BCUT2D eigenvalue weighted by molar-refractivity contribution is 7.11. The van der Waals surface area contributed by atoms with Gasteiger partial charge in [-0.05, 0) is 44.4 Å². The van der Waals surface area contributed by atoms with E-state index in [1.807, 2.05) is 19.1 Å². The van der Waals surface area contributed by atoms with Gasteiger partial charge >= 0.3 is 0 Å². The van der Waals surface area contributed by atoms with Crippen LogP contribution in [-0.4, -0.2) is 31.1 Å². The summed E-state index contributed by atoms with van der Waals surface area (Å²) in [4.78, 5) is 10.1. The molecular formula is C19H25FN4S. The largest absolute Gasteiger partial charge is 0.356 e. The summed E-state index contributed by atoms with van der Waals surface area (Å²) in [6.45, 7) is 5.77. The molecule has 4 nitrogen and oxygen atoms in total. The normalized spacial score (nSPS) is 15.9. The van der Waals surface area contributed by atoms with Crippen LogP contribution in [-0.2, 0) is 11.8 Å². The molecule has 1 aromatic heterocycles. The second-order valence-electron chi connectivity index (χ2n) is 6.64. The van der Waals surface area contributed by atoms with E-state index in [0.717, 1.165) is 49.0 Å². The summed E-state index contributed by atoms with van der Waals surface area (Å²) in [6, 6.07) is 6.88. The zero-order valence-electron chi connectivity index (χ0n) is 15.0. The van der Waals surface area contributed by atoms with Crippen molar-refractivity contribution in [1.29, 1.82) is 0 Å². The van der Waals surface area contributed by atoms with Gasteiger partial charge in [0.25, 0.3) is 0 Å². The van der Waals surface area contributed by atoms with Crippen LogP contribution >= 0.6 is 11.3 Å². The summed E-state index contributed by atoms with van der Waals surface area (Å²) in [5.74, 6) is 0.621. The average Bonchev–Trinajstić information content (AvgIpc) is 3.32. The zero-order valence-corrected chi connectivity index (χ0v) is 15.8. The third kappa shape index (κ3) is 4.37. The van der Waals surface area contributed by atoms with Crippen LogP contribution in [0.15, 0.2) is 29.3 Å². The maximum absolute atomic E-state index is 13.1. The molecule has 25 heavy (non-hydrogen) atoms. The minimum absolute atomic E-state index is 0.120. The Morgan fingerprint density at radius 3 is 2.52 bits per heavy atom. The van der Waals surface area contributed by atoms with E-state index in [1.165, 1.54) is 10.4 Å². The molecule has 3 rings (SSSR count). The Hall–Kier alpha value is -1.95. The van der Waals surface area contributed by atoms with E-state index in [9.17, 15) is 4.39 Å². The highest BCUT2D eigenvalue weighted by Crippen LogP contribution is 2.47. The van der Waals surface area contributed by atoms with Crippen molar-refractivity contribution >= 4 is 17.3 Å². The Balaban J connectivity index is 1.48. The first-order chi connectivity index (χ1) is 12.0. The molecule has 0 aliphatic heterocycles. The van der Waals surface area contributed by atoms with Gasteiger partial charge < -0.3 is 10.6 Å². The lowest BCUT2D eigenvalue weighted by Gasteiger charge is -2.19. The van der Waals surface area contributed by atoms with Gasteiger partial charge in [-0.2, -0.15) is 0 Å². The Bertz CT molecular complexity index is 728. The minimum atomic E-state index is -0.183. The second-order valence-corrected chi connectivity index (χ2v) is 7.93. The SMILES string of the molecule is CN=C(NCCc1nc(C)c(C)s1)NCC1(c2ccc(F)cc2)CC1. The summed E-state index contributed by atoms with van der Waals surface area (Å²) < 4.78 is 13.1. The lowest BCUT2D eigenvalue weighted by molar-refractivity contribution is 0.617. The molecule has 0 atom stereocenters. The monoisotopic (exact) mass is 360 g/mol. The molecule has 0 saturated heterocycles. The maximum Gasteiger partial charge on any atom is 0.191 e. The zero-order chi connectivity index (χ0) is 17.9. The van der Waals surface area contributed by atoms with Crippen molar-refractivity contribution in [1.82, 2.24) is 15.6 Å². The van der Waals surface area contributed by atoms with E-state index in [1.54, 1.807) is 30.5 Å². The number of benzene rings is 1. The molecule has 0 radical (unpaired) electrons. The van der Waals surface area contributed by atoms with Crippen molar-refractivity contribution in [3.63, 3.8) is 0 Å². The molecule has 1 fully saturated rings. The van der Waals surface area contributed by atoms with Crippen molar-refractivity contribution in [2.24, 2.45) is 4.99 Å². The van der Waals surface area contributed by atoms with E-state index < -0.39 is 0 Å². The fraction of sp³-hybridized carbons (Fsp3) is 0.474. The van der Waals surface area contributed by atoms with Gasteiger partial charge in [0.1, 0.15) is 5.82 Å². The first-order valence-corrected chi connectivity index (χ1v) is 9.47. The molecule has 1 aromatic carbocycles. The van der Waals surface area contributed by atoms with Crippen LogP contribution in [0.2, 0.25) is 0 Å². The summed E-state index contributed by atoms with van der Waals surface area (Å²) in [6.07, 6.45) is 3.14. The molecule has 1 aliphatic rings. The molecule has 134 valence electrons. The first kappa shape index (κ1) is 17.9. The molecule has 2 aromatic rings. The summed E-state index contributed by atoms with van der Waals surface area (Å²) in [5.41, 5.74) is 2.44. The summed E-state index contributed by atoms with van der Waals surface area (Å²) in [7, 11) is 1.78. The molecule has 0 bridgehead atoms. The van der Waals surface area contributed by atoms with Crippen LogP contribution in [0, 0.1) is 19.7 Å². The number of aliphatic imine (C=N–C) groups is 1. The van der Waals surface area contributed by atoms with Gasteiger partial charge in [-0.3, -0.25) is 4.99 Å². The van der Waals surface area contributed by atoms with E-state index in [-0.39, 0.29) is 11.2 Å². The molecule has 0 unspecified atom stereocenters. The molecule has 0 amide bonds. The first-order valence-electron chi connectivity index (χ1n) is 8.66. The number of hydrogen-bond donors (Lipinski definition) is 2. The van der Waals surface area contributed by atoms with Crippen molar-refractivity contribution in [2.45, 2.75) is 38.5 Å². The molecule has 0 spiro atoms. The Morgan fingerprint density at radius 1 is 1.24 bits per heavy atom. The predicted molar refractivity (Wildman–Crippen MR) is 102 cm³/mol. The lowest BCUT2D eigenvalue weighted by atomic mass is 9.96. The predicted octanol–water partition coefficient (Wildman–Crippen LogP) is 3.34.